The lowest BCUT2D eigenvalue weighted by molar-refractivity contribution is -0.150. The Hall–Kier alpha value is -1.64. The lowest BCUT2D eigenvalue weighted by Crippen LogP contribution is -2.20. The third kappa shape index (κ3) is 2.94. The van der Waals surface area contributed by atoms with Crippen LogP contribution in [0.5, 0.6) is 0 Å². The Balaban J connectivity index is 2.09. The second-order valence-corrected chi connectivity index (χ2v) is 7.22. The van der Waals surface area contributed by atoms with Crippen LogP contribution in [0, 0.1) is 17.3 Å². The van der Waals surface area contributed by atoms with E-state index in [2.05, 4.69) is 19.9 Å². The van der Waals surface area contributed by atoms with Crippen molar-refractivity contribution in [1.29, 1.82) is 0 Å². The topological polar surface area (TPSA) is 43.4 Å². The molecule has 0 amide bonds. The minimum absolute atomic E-state index is 0.0548. The molecule has 2 aliphatic rings. The summed E-state index contributed by atoms with van der Waals surface area (Å²) in [4.78, 5) is 24.5. The SMILES string of the molecule is C/C=C/C1=C(C)C(OC(=O)C2C(C=C(C)C)C2(C)C)CC1=O. The van der Waals surface area contributed by atoms with Gasteiger partial charge in [0.05, 0.1) is 12.3 Å². The van der Waals surface area contributed by atoms with E-state index in [9.17, 15) is 9.59 Å². The summed E-state index contributed by atoms with van der Waals surface area (Å²) in [6.45, 7) is 12.0. The second kappa shape index (κ2) is 5.86. The van der Waals surface area contributed by atoms with Crippen LogP contribution in [-0.2, 0) is 14.3 Å². The highest BCUT2D eigenvalue weighted by Gasteiger charge is 2.61. The van der Waals surface area contributed by atoms with Gasteiger partial charge in [0, 0.05) is 5.57 Å². The van der Waals surface area contributed by atoms with E-state index in [1.807, 2.05) is 33.8 Å². The maximum atomic E-state index is 12.5. The molecule has 1 fully saturated rings. The molecule has 0 saturated heterocycles. The van der Waals surface area contributed by atoms with E-state index in [0.717, 1.165) is 5.57 Å². The molecule has 3 nitrogen and oxygen atoms in total. The van der Waals surface area contributed by atoms with Crippen LogP contribution in [0.25, 0.3) is 0 Å². The van der Waals surface area contributed by atoms with E-state index in [-0.39, 0.29) is 35.4 Å². The fourth-order valence-electron chi connectivity index (χ4n) is 3.36. The third-order valence-electron chi connectivity index (χ3n) is 4.85. The number of carbonyl (C=O) groups excluding carboxylic acids is 2. The Morgan fingerprint density at radius 3 is 2.50 bits per heavy atom. The number of allylic oxidation sites excluding steroid dienone is 5. The molecule has 1 saturated carbocycles. The molecule has 0 spiro atoms. The highest BCUT2D eigenvalue weighted by atomic mass is 16.5. The molecular formula is C19H26O3. The molecule has 0 aromatic carbocycles. The molecule has 120 valence electrons. The van der Waals surface area contributed by atoms with Gasteiger partial charge in [-0.05, 0) is 44.6 Å². The number of hydrogen-bond donors (Lipinski definition) is 0. The summed E-state index contributed by atoms with van der Waals surface area (Å²) in [5.74, 6) is 0.0214. The van der Waals surface area contributed by atoms with Crippen molar-refractivity contribution in [3.8, 4) is 0 Å². The van der Waals surface area contributed by atoms with Gasteiger partial charge in [-0.3, -0.25) is 9.59 Å². The molecule has 3 heteroatoms. The van der Waals surface area contributed by atoms with Crippen LogP contribution in [0.15, 0.2) is 34.9 Å². The van der Waals surface area contributed by atoms with E-state index >= 15 is 0 Å². The number of ketones is 1. The van der Waals surface area contributed by atoms with E-state index in [0.29, 0.717) is 5.57 Å². The number of ether oxygens (including phenoxy) is 1. The number of esters is 1. The fourth-order valence-corrected chi connectivity index (χ4v) is 3.36. The average molecular weight is 302 g/mol. The summed E-state index contributed by atoms with van der Waals surface area (Å²) in [6, 6.07) is 0. The Kier molecular flexibility index (Phi) is 4.46. The molecule has 0 radical (unpaired) electrons. The predicted molar refractivity (Wildman–Crippen MR) is 87.2 cm³/mol. The van der Waals surface area contributed by atoms with Gasteiger partial charge in [0.2, 0.25) is 0 Å². The van der Waals surface area contributed by atoms with Gasteiger partial charge in [-0.15, -0.1) is 0 Å². The lowest BCUT2D eigenvalue weighted by atomic mass is 10.1. The van der Waals surface area contributed by atoms with Gasteiger partial charge in [0.25, 0.3) is 0 Å². The van der Waals surface area contributed by atoms with Gasteiger partial charge in [-0.2, -0.15) is 0 Å². The van der Waals surface area contributed by atoms with Gasteiger partial charge < -0.3 is 4.74 Å². The standard InChI is InChI=1S/C19H26O3/c1-7-8-13-12(4)16(10-15(13)20)22-18(21)17-14(9-11(2)3)19(17,5)6/h7-9,14,16-17H,10H2,1-6H3/b8-7+. The largest absolute Gasteiger partial charge is 0.457 e. The molecule has 3 unspecified atom stereocenters. The molecule has 3 atom stereocenters. The first-order valence-electron chi connectivity index (χ1n) is 7.92. The molecular weight excluding hydrogens is 276 g/mol. The minimum Gasteiger partial charge on any atom is -0.457 e. The monoisotopic (exact) mass is 302 g/mol. The first kappa shape index (κ1) is 16.7. The van der Waals surface area contributed by atoms with E-state index < -0.39 is 6.10 Å². The van der Waals surface area contributed by atoms with Gasteiger partial charge >= 0.3 is 5.97 Å². The van der Waals surface area contributed by atoms with Crippen molar-refractivity contribution in [2.24, 2.45) is 17.3 Å². The van der Waals surface area contributed by atoms with Crippen molar-refractivity contribution in [3.05, 3.63) is 34.9 Å². The Labute approximate surface area is 133 Å². The van der Waals surface area contributed by atoms with Gasteiger partial charge in [-0.1, -0.05) is 37.6 Å². The van der Waals surface area contributed by atoms with Crippen molar-refractivity contribution in [3.63, 3.8) is 0 Å². The molecule has 0 aromatic rings. The van der Waals surface area contributed by atoms with Crippen LogP contribution in [0.3, 0.4) is 0 Å². The average Bonchev–Trinajstić information content (AvgIpc) is 2.83. The van der Waals surface area contributed by atoms with Crippen LogP contribution >= 0.6 is 0 Å². The van der Waals surface area contributed by atoms with Crippen molar-refractivity contribution in [1.82, 2.24) is 0 Å². The lowest BCUT2D eigenvalue weighted by Gasteiger charge is -2.13. The number of hydrogen-bond acceptors (Lipinski definition) is 3. The van der Waals surface area contributed by atoms with Gasteiger partial charge in [-0.25, -0.2) is 0 Å². The zero-order valence-electron chi connectivity index (χ0n) is 14.4. The Morgan fingerprint density at radius 2 is 1.95 bits per heavy atom. The zero-order chi connectivity index (χ0) is 16.7. The first-order valence-corrected chi connectivity index (χ1v) is 7.92. The summed E-state index contributed by atoms with van der Waals surface area (Å²) in [6.07, 6.45) is 5.68. The number of rotatable bonds is 4. The van der Waals surface area contributed by atoms with Crippen LogP contribution in [0.2, 0.25) is 0 Å². The quantitative estimate of drug-likeness (QED) is 0.582. The smallest absolute Gasteiger partial charge is 0.310 e. The molecule has 0 aromatic heterocycles. The summed E-state index contributed by atoms with van der Waals surface area (Å²) in [7, 11) is 0. The van der Waals surface area contributed by atoms with Crippen molar-refractivity contribution >= 4 is 11.8 Å². The number of Topliss-reactive ketones (excluding diaryl/α,β-unsaturated/α-hetero) is 1. The Morgan fingerprint density at radius 1 is 1.32 bits per heavy atom. The third-order valence-corrected chi connectivity index (χ3v) is 4.85. The van der Waals surface area contributed by atoms with Crippen molar-refractivity contribution in [2.45, 2.75) is 54.1 Å². The summed E-state index contributed by atoms with van der Waals surface area (Å²) in [5, 5.41) is 0. The van der Waals surface area contributed by atoms with Gasteiger partial charge in [0.15, 0.2) is 5.78 Å². The molecule has 0 bridgehead atoms. The zero-order valence-corrected chi connectivity index (χ0v) is 14.4. The maximum absolute atomic E-state index is 12.5. The maximum Gasteiger partial charge on any atom is 0.310 e. The summed E-state index contributed by atoms with van der Waals surface area (Å²) >= 11 is 0. The highest BCUT2D eigenvalue weighted by molar-refractivity contribution is 6.02. The second-order valence-electron chi connectivity index (χ2n) is 7.22. The van der Waals surface area contributed by atoms with E-state index in [1.54, 1.807) is 6.08 Å². The van der Waals surface area contributed by atoms with Crippen molar-refractivity contribution in [2.75, 3.05) is 0 Å². The molecule has 2 aliphatic carbocycles. The fraction of sp³-hybridized carbons (Fsp3) is 0.579. The summed E-state index contributed by atoms with van der Waals surface area (Å²) < 4.78 is 5.66. The Bertz CT molecular complexity index is 586. The summed E-state index contributed by atoms with van der Waals surface area (Å²) in [5.41, 5.74) is 2.72. The van der Waals surface area contributed by atoms with Crippen LogP contribution in [0.4, 0.5) is 0 Å². The first-order chi connectivity index (χ1) is 10.2. The minimum atomic E-state index is -0.394. The number of carbonyl (C=O) groups is 2. The van der Waals surface area contributed by atoms with Crippen LogP contribution in [0.1, 0.15) is 48.0 Å². The van der Waals surface area contributed by atoms with Crippen LogP contribution in [-0.4, -0.2) is 17.9 Å². The van der Waals surface area contributed by atoms with Crippen molar-refractivity contribution < 1.29 is 14.3 Å². The van der Waals surface area contributed by atoms with Gasteiger partial charge in [0.1, 0.15) is 6.10 Å². The van der Waals surface area contributed by atoms with Crippen LogP contribution < -0.4 is 0 Å². The molecule has 2 rings (SSSR count). The molecule has 0 heterocycles. The van der Waals surface area contributed by atoms with E-state index in [4.69, 9.17) is 4.74 Å². The molecule has 0 aliphatic heterocycles. The predicted octanol–water partition coefficient (Wildman–Crippen LogP) is 4.00. The normalized spacial score (nSPS) is 29.9. The molecule has 22 heavy (non-hydrogen) atoms. The van der Waals surface area contributed by atoms with E-state index in [1.165, 1.54) is 5.57 Å². The highest BCUT2D eigenvalue weighted by Crippen LogP contribution is 2.60. The molecule has 0 N–H and O–H groups in total.